The highest BCUT2D eigenvalue weighted by molar-refractivity contribution is 7.99. The molecule has 0 radical (unpaired) electrons. The van der Waals surface area contributed by atoms with E-state index in [1.54, 1.807) is 11.8 Å². The van der Waals surface area contributed by atoms with Crippen LogP contribution < -0.4 is 5.32 Å². The van der Waals surface area contributed by atoms with Gasteiger partial charge in [0.2, 0.25) is 5.91 Å². The third-order valence-electron chi connectivity index (χ3n) is 6.30. The van der Waals surface area contributed by atoms with Crippen molar-refractivity contribution in [2.75, 3.05) is 12.4 Å². The molecule has 5 nitrogen and oxygen atoms in total. The number of rotatable bonds is 10. The van der Waals surface area contributed by atoms with E-state index in [1.165, 1.54) is 11.8 Å². The number of nitrogens with one attached hydrogen (secondary N) is 1. The van der Waals surface area contributed by atoms with Crippen molar-refractivity contribution in [1.29, 1.82) is 0 Å². The zero-order valence-electron chi connectivity index (χ0n) is 19.4. The van der Waals surface area contributed by atoms with Gasteiger partial charge in [0.15, 0.2) is 8.32 Å². The minimum Gasteiger partial charge on any atom is -0.465 e. The second-order valence-corrected chi connectivity index (χ2v) is 15.6. The van der Waals surface area contributed by atoms with Crippen LogP contribution in [0.25, 0.3) is 0 Å². The first-order valence-electron chi connectivity index (χ1n) is 10.7. The molecule has 1 heterocycles. The average molecular weight is 452 g/mol. The smallest absolute Gasteiger partial charge is 0.302 e. The Labute approximate surface area is 186 Å². The zero-order chi connectivity index (χ0) is 22.5. The van der Waals surface area contributed by atoms with E-state index >= 15 is 0 Å². The molecule has 1 aliphatic heterocycles. The Balaban J connectivity index is 2.04. The lowest BCUT2D eigenvalue weighted by Crippen LogP contribution is -2.66. The number of esters is 1. The van der Waals surface area contributed by atoms with Gasteiger partial charge in [-0.1, -0.05) is 39.0 Å². The Morgan fingerprint density at radius 1 is 1.23 bits per heavy atom. The van der Waals surface area contributed by atoms with Crippen molar-refractivity contribution in [2.24, 2.45) is 11.8 Å². The lowest BCUT2D eigenvalue weighted by Gasteiger charge is -2.47. The molecule has 1 aromatic carbocycles. The molecule has 0 saturated carbocycles. The van der Waals surface area contributed by atoms with Crippen LogP contribution in [0.1, 0.15) is 41.0 Å². The first-order chi connectivity index (χ1) is 13.9. The van der Waals surface area contributed by atoms with Crippen LogP contribution >= 0.6 is 11.8 Å². The van der Waals surface area contributed by atoms with Crippen LogP contribution in [0.5, 0.6) is 0 Å². The number of thioether (sulfide) groups is 1. The molecule has 0 spiro atoms. The van der Waals surface area contributed by atoms with Gasteiger partial charge < -0.3 is 14.5 Å². The fourth-order valence-electron chi connectivity index (χ4n) is 3.48. The summed E-state index contributed by atoms with van der Waals surface area (Å²) in [6, 6.07) is 10.2. The minimum atomic E-state index is -1.98. The summed E-state index contributed by atoms with van der Waals surface area (Å²) in [5.41, 5.74) is 0. The van der Waals surface area contributed by atoms with E-state index in [-0.39, 0.29) is 40.9 Å². The van der Waals surface area contributed by atoms with Crippen LogP contribution in [-0.2, 0) is 18.8 Å². The molecule has 1 N–H and O–H groups in total. The maximum absolute atomic E-state index is 12.5. The van der Waals surface area contributed by atoms with E-state index in [1.807, 2.05) is 25.1 Å². The SMILES string of the molecule is CC(=O)OC[C@@H](CCSc1ccccc1)[C@H]1NC(=O)[C@@H]1[C@@H](C)O[Si](C)(C)C(C)(C)C. The molecule has 1 aromatic rings. The molecule has 168 valence electrons. The highest BCUT2D eigenvalue weighted by Crippen LogP contribution is 2.40. The summed E-state index contributed by atoms with van der Waals surface area (Å²) < 4.78 is 11.9. The maximum Gasteiger partial charge on any atom is 0.302 e. The molecule has 0 bridgehead atoms. The predicted octanol–water partition coefficient (Wildman–Crippen LogP) is 4.87. The van der Waals surface area contributed by atoms with Crippen molar-refractivity contribution in [2.45, 2.75) is 76.2 Å². The van der Waals surface area contributed by atoms with Gasteiger partial charge in [-0.2, -0.15) is 0 Å². The van der Waals surface area contributed by atoms with E-state index in [9.17, 15) is 9.59 Å². The van der Waals surface area contributed by atoms with E-state index in [2.05, 4.69) is 51.3 Å². The fraction of sp³-hybridized carbons (Fsp3) is 0.652. The van der Waals surface area contributed by atoms with Gasteiger partial charge >= 0.3 is 5.97 Å². The van der Waals surface area contributed by atoms with Gasteiger partial charge in [-0.3, -0.25) is 9.59 Å². The summed E-state index contributed by atoms with van der Waals surface area (Å²) >= 11 is 1.78. The third kappa shape index (κ3) is 6.59. The van der Waals surface area contributed by atoms with Gasteiger partial charge in [0.1, 0.15) is 0 Å². The monoisotopic (exact) mass is 451 g/mol. The highest BCUT2D eigenvalue weighted by atomic mass is 32.2. The molecule has 4 atom stereocenters. The summed E-state index contributed by atoms with van der Waals surface area (Å²) in [4.78, 5) is 25.1. The summed E-state index contributed by atoms with van der Waals surface area (Å²) in [6.45, 7) is 14.8. The quantitative estimate of drug-likeness (QED) is 0.238. The van der Waals surface area contributed by atoms with Crippen molar-refractivity contribution in [3.05, 3.63) is 30.3 Å². The van der Waals surface area contributed by atoms with Gasteiger partial charge in [-0.15, -0.1) is 11.8 Å². The number of hydrogen-bond acceptors (Lipinski definition) is 5. The molecule has 0 unspecified atom stereocenters. The largest absolute Gasteiger partial charge is 0.465 e. The van der Waals surface area contributed by atoms with Crippen molar-refractivity contribution in [3.8, 4) is 0 Å². The highest BCUT2D eigenvalue weighted by Gasteiger charge is 2.50. The minimum absolute atomic E-state index is 0.0343. The fourth-order valence-corrected chi connectivity index (χ4v) is 5.92. The van der Waals surface area contributed by atoms with Crippen molar-refractivity contribution >= 4 is 32.0 Å². The number of carbonyl (C=O) groups excluding carboxylic acids is 2. The average Bonchev–Trinajstić information content (AvgIpc) is 2.62. The van der Waals surface area contributed by atoms with Gasteiger partial charge in [0.25, 0.3) is 0 Å². The summed E-state index contributed by atoms with van der Waals surface area (Å²) in [6.07, 6.45) is 0.687. The third-order valence-corrected chi connectivity index (χ3v) is 11.9. The number of amides is 1. The predicted molar refractivity (Wildman–Crippen MR) is 125 cm³/mol. The van der Waals surface area contributed by atoms with E-state index in [0.29, 0.717) is 6.61 Å². The number of β-lactam (4-membered cyclic amide) rings is 1. The zero-order valence-corrected chi connectivity index (χ0v) is 21.2. The van der Waals surface area contributed by atoms with Crippen LogP contribution in [0.15, 0.2) is 35.2 Å². The number of benzene rings is 1. The summed E-state index contributed by atoms with van der Waals surface area (Å²) in [7, 11) is -1.98. The Hall–Kier alpha value is -1.31. The van der Waals surface area contributed by atoms with Gasteiger partial charge in [0.05, 0.1) is 18.6 Å². The van der Waals surface area contributed by atoms with Gasteiger partial charge in [-0.25, -0.2) is 0 Å². The Morgan fingerprint density at radius 3 is 2.40 bits per heavy atom. The van der Waals surface area contributed by atoms with E-state index in [0.717, 1.165) is 12.2 Å². The first kappa shape index (κ1) is 25.0. The number of ether oxygens (including phenoxy) is 1. The molecular weight excluding hydrogens is 414 g/mol. The summed E-state index contributed by atoms with van der Waals surface area (Å²) in [5, 5.41) is 3.15. The first-order valence-corrected chi connectivity index (χ1v) is 14.6. The van der Waals surface area contributed by atoms with Crippen LogP contribution in [0.2, 0.25) is 18.1 Å². The van der Waals surface area contributed by atoms with Crippen LogP contribution in [0.4, 0.5) is 0 Å². The number of carbonyl (C=O) groups is 2. The van der Waals surface area contributed by atoms with E-state index < -0.39 is 8.32 Å². The molecule has 1 fully saturated rings. The summed E-state index contributed by atoms with van der Waals surface area (Å²) in [5.74, 6) is 0.505. The lowest BCUT2D eigenvalue weighted by molar-refractivity contribution is -0.147. The molecule has 7 heteroatoms. The van der Waals surface area contributed by atoms with Crippen LogP contribution in [0, 0.1) is 11.8 Å². The van der Waals surface area contributed by atoms with Crippen LogP contribution in [-0.4, -0.2) is 44.7 Å². The molecule has 1 amide bonds. The molecule has 1 aliphatic rings. The normalized spacial score (nSPS) is 21.4. The molecule has 30 heavy (non-hydrogen) atoms. The van der Waals surface area contributed by atoms with Crippen molar-refractivity contribution in [3.63, 3.8) is 0 Å². The molecule has 0 aromatic heterocycles. The second kappa shape index (κ2) is 10.3. The molecule has 2 rings (SSSR count). The maximum atomic E-state index is 12.5. The van der Waals surface area contributed by atoms with Gasteiger partial charge in [-0.05, 0) is 49.4 Å². The van der Waals surface area contributed by atoms with Crippen molar-refractivity contribution < 1.29 is 18.8 Å². The number of hydrogen-bond donors (Lipinski definition) is 1. The second-order valence-electron chi connectivity index (χ2n) is 9.66. The topological polar surface area (TPSA) is 64.6 Å². The Bertz CT molecular complexity index is 720. The molecule has 1 saturated heterocycles. The molecule has 0 aliphatic carbocycles. The standard InChI is InChI=1S/C23H37NO4SSi/c1-16(28-30(6,7)23(3,4)5)20-21(24-22(20)26)18(15-27-17(2)25)13-14-29-19-11-9-8-10-12-19/h8-12,16,18,20-21H,13-15H2,1-7H3,(H,24,26)/t16-,18-,20-,21-/m1/s1. The van der Waals surface area contributed by atoms with Crippen molar-refractivity contribution in [1.82, 2.24) is 5.32 Å². The lowest BCUT2D eigenvalue weighted by atomic mass is 9.77. The van der Waals surface area contributed by atoms with E-state index in [4.69, 9.17) is 9.16 Å². The Kier molecular flexibility index (Phi) is 8.59. The molecular formula is C23H37NO4SSi. The Morgan fingerprint density at radius 2 is 1.87 bits per heavy atom. The van der Waals surface area contributed by atoms with Gasteiger partial charge in [0, 0.05) is 23.8 Å². The van der Waals surface area contributed by atoms with Crippen LogP contribution in [0.3, 0.4) is 0 Å².